The van der Waals surface area contributed by atoms with Gasteiger partial charge in [0, 0.05) is 53.2 Å². The molecule has 1 rings (SSSR count). The average molecular weight is 293 g/mol. The summed E-state index contributed by atoms with van der Waals surface area (Å²) in [6.45, 7) is 4.32. The highest BCUT2D eigenvalue weighted by atomic mass is 35.5. The number of carbonyl (C=O) groups excluding carboxylic acids is 2. The number of likely N-dealkylation sites (N-methyl/N-ethyl adjacent to an activating group) is 2. The van der Waals surface area contributed by atoms with Gasteiger partial charge in [-0.1, -0.05) is 0 Å². The maximum atomic E-state index is 11.9. The number of nitrogens with one attached hydrogen (secondary N) is 1. The third kappa shape index (κ3) is 6.75. The number of hydrogen-bond donors (Lipinski definition) is 1. The molecule has 6 nitrogen and oxygen atoms in total. The average Bonchev–Trinajstić information content (AvgIpc) is 2.36. The Hall–Kier alpha value is -0.850. The van der Waals surface area contributed by atoms with E-state index in [1.165, 1.54) is 0 Å². The third-order valence-electron chi connectivity index (χ3n) is 3.08. The van der Waals surface area contributed by atoms with Gasteiger partial charge in [0.1, 0.15) is 0 Å². The monoisotopic (exact) mass is 292 g/mol. The zero-order valence-corrected chi connectivity index (χ0v) is 12.8. The van der Waals surface area contributed by atoms with E-state index in [1.807, 2.05) is 16.8 Å². The summed E-state index contributed by atoms with van der Waals surface area (Å²) in [6, 6.07) is 0. The summed E-state index contributed by atoms with van der Waals surface area (Å²) in [6.07, 6.45) is 0.483. The molecule has 0 spiro atoms. The predicted molar refractivity (Wildman–Crippen MR) is 77.5 cm³/mol. The Balaban J connectivity index is 0.00000324. The van der Waals surface area contributed by atoms with Crippen molar-refractivity contribution < 1.29 is 9.59 Å². The molecule has 1 heterocycles. The molecular formula is C12H25ClN4O2. The maximum absolute atomic E-state index is 11.9. The van der Waals surface area contributed by atoms with E-state index in [0.29, 0.717) is 19.5 Å². The van der Waals surface area contributed by atoms with Gasteiger partial charge < -0.3 is 15.1 Å². The minimum Gasteiger partial charge on any atom is -0.348 e. The molecule has 2 amide bonds. The molecule has 19 heavy (non-hydrogen) atoms. The molecule has 1 fully saturated rings. The van der Waals surface area contributed by atoms with Gasteiger partial charge in [-0.15, -0.1) is 12.4 Å². The minimum absolute atomic E-state index is 0. The molecule has 0 aromatic heterocycles. The van der Waals surface area contributed by atoms with Gasteiger partial charge in [-0.25, -0.2) is 0 Å². The molecule has 0 saturated carbocycles. The molecule has 0 radical (unpaired) electrons. The van der Waals surface area contributed by atoms with Crippen molar-refractivity contribution in [3.05, 3.63) is 0 Å². The summed E-state index contributed by atoms with van der Waals surface area (Å²) in [4.78, 5) is 28.7. The Labute approximate surface area is 121 Å². The lowest BCUT2D eigenvalue weighted by Crippen LogP contribution is -2.47. The summed E-state index contributed by atoms with van der Waals surface area (Å²) in [5.41, 5.74) is 0. The lowest BCUT2D eigenvalue weighted by atomic mass is 10.3. The molecule has 112 valence electrons. The van der Waals surface area contributed by atoms with Crippen LogP contribution in [0, 0.1) is 0 Å². The fourth-order valence-corrected chi connectivity index (χ4v) is 1.81. The highest BCUT2D eigenvalue weighted by Gasteiger charge is 2.17. The number of amides is 2. The van der Waals surface area contributed by atoms with Gasteiger partial charge in [-0.05, 0) is 7.05 Å². The highest BCUT2D eigenvalue weighted by Crippen LogP contribution is 1.98. The first-order valence-corrected chi connectivity index (χ1v) is 6.38. The molecule has 0 aromatic carbocycles. The van der Waals surface area contributed by atoms with E-state index < -0.39 is 0 Å². The number of piperazine rings is 1. The van der Waals surface area contributed by atoms with Gasteiger partial charge in [0.2, 0.25) is 11.8 Å². The molecule has 7 heteroatoms. The van der Waals surface area contributed by atoms with Crippen LogP contribution in [0.25, 0.3) is 0 Å². The Kier molecular flexibility index (Phi) is 8.71. The van der Waals surface area contributed by atoms with Crippen LogP contribution in [-0.4, -0.2) is 86.9 Å². The van der Waals surface area contributed by atoms with Crippen LogP contribution >= 0.6 is 12.4 Å². The van der Waals surface area contributed by atoms with E-state index in [0.717, 1.165) is 26.2 Å². The lowest BCUT2D eigenvalue weighted by molar-refractivity contribution is -0.133. The quantitative estimate of drug-likeness (QED) is 0.724. The molecule has 0 unspecified atom stereocenters. The van der Waals surface area contributed by atoms with E-state index in [1.54, 1.807) is 19.0 Å². The summed E-state index contributed by atoms with van der Waals surface area (Å²) < 4.78 is 0. The number of carbonyl (C=O) groups is 2. The molecule has 0 aromatic rings. The van der Waals surface area contributed by atoms with Gasteiger partial charge in [0.25, 0.3) is 0 Å². The molecule has 0 bridgehead atoms. The number of rotatable bonds is 5. The summed E-state index contributed by atoms with van der Waals surface area (Å²) in [5.74, 6) is 0.243. The van der Waals surface area contributed by atoms with Gasteiger partial charge in [0.05, 0.1) is 6.54 Å². The topological polar surface area (TPSA) is 55.9 Å². The molecule has 0 atom stereocenters. The molecule has 0 aliphatic carbocycles. The minimum atomic E-state index is 0. The second-order valence-corrected chi connectivity index (χ2v) is 4.91. The van der Waals surface area contributed by atoms with Crippen LogP contribution in [0.3, 0.4) is 0 Å². The Morgan fingerprint density at radius 2 is 1.74 bits per heavy atom. The summed E-state index contributed by atoms with van der Waals surface area (Å²) in [5, 5.41) is 3.22. The van der Waals surface area contributed by atoms with Crippen molar-refractivity contribution in [1.82, 2.24) is 20.0 Å². The van der Waals surface area contributed by atoms with Gasteiger partial charge in [-0.2, -0.15) is 0 Å². The first kappa shape index (κ1) is 18.1. The van der Waals surface area contributed by atoms with Gasteiger partial charge in [0.15, 0.2) is 0 Å². The van der Waals surface area contributed by atoms with Crippen molar-refractivity contribution in [1.29, 1.82) is 0 Å². The molecular weight excluding hydrogens is 268 g/mol. The van der Waals surface area contributed by atoms with Gasteiger partial charge in [-0.3, -0.25) is 14.5 Å². The Morgan fingerprint density at radius 1 is 1.16 bits per heavy atom. The van der Waals surface area contributed by atoms with Gasteiger partial charge >= 0.3 is 0 Å². The lowest BCUT2D eigenvalue weighted by Gasteiger charge is -2.28. The summed E-state index contributed by atoms with van der Waals surface area (Å²) in [7, 11) is 5.34. The normalized spacial score (nSPS) is 15.1. The highest BCUT2D eigenvalue weighted by molar-refractivity contribution is 5.85. The smallest absolute Gasteiger partial charge is 0.236 e. The largest absolute Gasteiger partial charge is 0.348 e. The molecule has 1 N–H and O–H groups in total. The van der Waals surface area contributed by atoms with Crippen LogP contribution in [0.5, 0.6) is 0 Å². The van der Waals surface area contributed by atoms with Crippen molar-refractivity contribution in [3.63, 3.8) is 0 Å². The number of hydrogen-bond acceptors (Lipinski definition) is 4. The van der Waals surface area contributed by atoms with Crippen LogP contribution in [0.2, 0.25) is 0 Å². The first-order valence-electron chi connectivity index (χ1n) is 6.38. The Bertz CT molecular complexity index is 293. The van der Waals surface area contributed by atoms with Crippen LogP contribution < -0.4 is 5.32 Å². The predicted octanol–water partition coefficient (Wildman–Crippen LogP) is -0.750. The zero-order valence-electron chi connectivity index (χ0n) is 12.0. The molecule has 1 aliphatic rings. The number of halogens is 1. The first-order chi connectivity index (χ1) is 8.50. The van der Waals surface area contributed by atoms with E-state index in [-0.39, 0.29) is 24.2 Å². The fraction of sp³-hybridized carbons (Fsp3) is 0.833. The zero-order chi connectivity index (χ0) is 13.5. The second-order valence-electron chi connectivity index (χ2n) is 4.91. The van der Waals surface area contributed by atoms with E-state index >= 15 is 0 Å². The van der Waals surface area contributed by atoms with Crippen molar-refractivity contribution in [2.75, 3.05) is 60.4 Å². The van der Waals surface area contributed by atoms with Crippen LogP contribution in [0.4, 0.5) is 0 Å². The molecule has 1 aliphatic heterocycles. The third-order valence-corrected chi connectivity index (χ3v) is 3.08. The van der Waals surface area contributed by atoms with Crippen LogP contribution in [-0.2, 0) is 9.59 Å². The van der Waals surface area contributed by atoms with E-state index in [2.05, 4.69) is 5.32 Å². The Morgan fingerprint density at radius 3 is 2.26 bits per heavy atom. The summed E-state index contributed by atoms with van der Waals surface area (Å²) >= 11 is 0. The van der Waals surface area contributed by atoms with E-state index in [9.17, 15) is 9.59 Å². The second kappa shape index (κ2) is 9.12. The van der Waals surface area contributed by atoms with Crippen LogP contribution in [0.15, 0.2) is 0 Å². The SMILES string of the molecule is CN(CCC(=O)N1CCNCC1)CC(=O)N(C)C.Cl. The maximum Gasteiger partial charge on any atom is 0.236 e. The standard InChI is InChI=1S/C12H24N4O2.ClH/c1-14(2)12(18)10-15(3)7-4-11(17)16-8-5-13-6-9-16;/h13H,4-10H2,1-3H3;1H. The fourth-order valence-electron chi connectivity index (χ4n) is 1.81. The van der Waals surface area contributed by atoms with Crippen molar-refractivity contribution in [2.24, 2.45) is 0 Å². The molecule has 1 saturated heterocycles. The van der Waals surface area contributed by atoms with Crippen LogP contribution in [0.1, 0.15) is 6.42 Å². The van der Waals surface area contributed by atoms with E-state index in [4.69, 9.17) is 0 Å². The van der Waals surface area contributed by atoms with Crippen molar-refractivity contribution in [3.8, 4) is 0 Å². The van der Waals surface area contributed by atoms with Crippen molar-refractivity contribution >= 4 is 24.2 Å². The van der Waals surface area contributed by atoms with Crippen molar-refractivity contribution in [2.45, 2.75) is 6.42 Å². The number of nitrogens with zero attached hydrogens (tertiary/aromatic N) is 3.